The molecule has 138 valence electrons. The molecule has 0 unspecified atom stereocenters. The lowest BCUT2D eigenvalue weighted by Crippen LogP contribution is -2.20. The van der Waals surface area contributed by atoms with Gasteiger partial charge in [-0.3, -0.25) is 0 Å². The molecule has 0 saturated carbocycles. The molecule has 8 heteroatoms. The predicted molar refractivity (Wildman–Crippen MR) is 110 cm³/mol. The van der Waals surface area contributed by atoms with E-state index in [1.54, 1.807) is 36.6 Å². The summed E-state index contributed by atoms with van der Waals surface area (Å²) in [4.78, 5) is 13.5. The Balaban J connectivity index is 1.85. The quantitative estimate of drug-likeness (QED) is 0.553. The third kappa shape index (κ3) is 3.95. The Kier molecular flexibility index (Phi) is 6.01. The normalized spacial score (nSPS) is 12.9. The molecule has 0 amide bonds. The summed E-state index contributed by atoms with van der Waals surface area (Å²) >= 11 is 13.0. The standard InChI is InChI=1S/C18H19ClN2O3S2/c1-23-13-8-7-10(19)9-12(13)20-18(25)21-16-15(17(22)24-2)11-5-3-4-6-14(11)26-16/h7-9H,3-6H2,1-2H3,(H2,20,21,25). The van der Waals surface area contributed by atoms with Gasteiger partial charge in [-0.25, -0.2) is 4.79 Å². The van der Waals surface area contributed by atoms with E-state index in [-0.39, 0.29) is 5.97 Å². The van der Waals surface area contributed by atoms with E-state index in [2.05, 4.69) is 10.6 Å². The number of carbonyl (C=O) groups excluding carboxylic acids is 1. The van der Waals surface area contributed by atoms with Crippen molar-refractivity contribution in [1.82, 2.24) is 0 Å². The highest BCUT2D eigenvalue weighted by Gasteiger charge is 2.26. The molecule has 0 spiro atoms. The average molecular weight is 411 g/mol. The van der Waals surface area contributed by atoms with Gasteiger partial charge in [-0.2, -0.15) is 0 Å². The number of hydrogen-bond donors (Lipinski definition) is 2. The number of hydrogen-bond acceptors (Lipinski definition) is 5. The van der Waals surface area contributed by atoms with Crippen LogP contribution in [0.4, 0.5) is 10.7 Å². The van der Waals surface area contributed by atoms with Gasteiger partial charge in [0.15, 0.2) is 5.11 Å². The van der Waals surface area contributed by atoms with Crippen LogP contribution in [0.5, 0.6) is 5.75 Å². The zero-order valence-electron chi connectivity index (χ0n) is 14.5. The molecule has 2 aromatic rings. The SMILES string of the molecule is COC(=O)c1c(NC(=S)Nc2cc(Cl)ccc2OC)sc2c1CCCC2. The Morgan fingerprint density at radius 2 is 2.00 bits per heavy atom. The Morgan fingerprint density at radius 3 is 2.73 bits per heavy atom. The van der Waals surface area contributed by atoms with Gasteiger partial charge in [0.05, 0.1) is 25.5 Å². The Labute approximate surface area is 166 Å². The maximum Gasteiger partial charge on any atom is 0.341 e. The molecular formula is C18H19ClN2O3S2. The highest BCUT2D eigenvalue weighted by molar-refractivity contribution is 7.80. The van der Waals surface area contributed by atoms with Crippen LogP contribution in [0, 0.1) is 0 Å². The Bertz CT molecular complexity index is 851. The fourth-order valence-corrected chi connectivity index (χ4v) is 4.74. The molecule has 5 nitrogen and oxygen atoms in total. The van der Waals surface area contributed by atoms with Crippen molar-refractivity contribution >= 4 is 56.9 Å². The van der Waals surface area contributed by atoms with Crippen LogP contribution >= 0.6 is 35.2 Å². The van der Waals surface area contributed by atoms with E-state index >= 15 is 0 Å². The minimum Gasteiger partial charge on any atom is -0.495 e. The summed E-state index contributed by atoms with van der Waals surface area (Å²) in [5.74, 6) is 0.284. The minimum absolute atomic E-state index is 0.338. The fourth-order valence-electron chi connectivity index (χ4n) is 3.01. The first-order chi connectivity index (χ1) is 12.5. The summed E-state index contributed by atoms with van der Waals surface area (Å²) in [7, 11) is 2.97. The van der Waals surface area contributed by atoms with Gasteiger partial charge in [0, 0.05) is 9.90 Å². The molecule has 26 heavy (non-hydrogen) atoms. The zero-order valence-corrected chi connectivity index (χ0v) is 16.9. The zero-order chi connectivity index (χ0) is 18.7. The molecule has 1 heterocycles. The summed E-state index contributed by atoms with van der Waals surface area (Å²) in [5, 5.41) is 7.86. The van der Waals surface area contributed by atoms with Crippen LogP contribution in [0.15, 0.2) is 18.2 Å². The second-order valence-corrected chi connectivity index (χ2v) is 7.78. The predicted octanol–water partition coefficient (Wildman–Crippen LogP) is 4.88. The molecule has 1 aliphatic carbocycles. The number of carbonyl (C=O) groups is 1. The van der Waals surface area contributed by atoms with Crippen LogP contribution in [-0.2, 0) is 17.6 Å². The molecule has 0 saturated heterocycles. The van der Waals surface area contributed by atoms with Gasteiger partial charge in [-0.15, -0.1) is 11.3 Å². The van der Waals surface area contributed by atoms with Gasteiger partial charge in [0.25, 0.3) is 0 Å². The van der Waals surface area contributed by atoms with E-state index in [4.69, 9.17) is 33.3 Å². The molecule has 1 aromatic heterocycles. The van der Waals surface area contributed by atoms with E-state index in [9.17, 15) is 4.79 Å². The molecule has 0 radical (unpaired) electrons. The van der Waals surface area contributed by atoms with Gasteiger partial charge in [0.2, 0.25) is 0 Å². The van der Waals surface area contributed by atoms with E-state index in [0.29, 0.717) is 32.1 Å². The van der Waals surface area contributed by atoms with Crippen molar-refractivity contribution in [3.8, 4) is 5.75 Å². The van der Waals surface area contributed by atoms with Crippen LogP contribution in [0.2, 0.25) is 5.02 Å². The van der Waals surface area contributed by atoms with Crippen LogP contribution in [-0.4, -0.2) is 25.3 Å². The number of halogens is 1. The summed E-state index contributed by atoms with van der Waals surface area (Å²) < 4.78 is 10.3. The van der Waals surface area contributed by atoms with E-state index < -0.39 is 0 Å². The maximum atomic E-state index is 12.3. The molecule has 3 rings (SSSR count). The smallest absolute Gasteiger partial charge is 0.341 e. The molecule has 1 aliphatic rings. The molecule has 2 N–H and O–H groups in total. The third-order valence-corrected chi connectivity index (χ3v) is 5.84. The lowest BCUT2D eigenvalue weighted by atomic mass is 9.95. The topological polar surface area (TPSA) is 59.6 Å². The van der Waals surface area contributed by atoms with Crippen LogP contribution in [0.1, 0.15) is 33.6 Å². The first-order valence-corrected chi connectivity index (χ1v) is 9.78. The van der Waals surface area contributed by atoms with Crippen molar-refractivity contribution < 1.29 is 14.3 Å². The molecule has 0 atom stereocenters. The Morgan fingerprint density at radius 1 is 1.23 bits per heavy atom. The highest BCUT2D eigenvalue weighted by Crippen LogP contribution is 2.38. The van der Waals surface area contributed by atoms with Crippen molar-refractivity contribution in [3.05, 3.63) is 39.2 Å². The molecule has 0 aliphatic heterocycles. The van der Waals surface area contributed by atoms with Gasteiger partial charge in [-0.05, 0) is 61.7 Å². The van der Waals surface area contributed by atoms with Gasteiger partial charge in [-0.1, -0.05) is 11.6 Å². The maximum absolute atomic E-state index is 12.3. The summed E-state index contributed by atoms with van der Waals surface area (Å²) in [6.45, 7) is 0. The number of aryl methyl sites for hydroxylation is 1. The van der Waals surface area contributed by atoms with Crippen molar-refractivity contribution in [3.63, 3.8) is 0 Å². The lowest BCUT2D eigenvalue weighted by Gasteiger charge is -2.14. The van der Waals surface area contributed by atoms with Crippen LogP contribution in [0.25, 0.3) is 0 Å². The largest absolute Gasteiger partial charge is 0.495 e. The second-order valence-electron chi connectivity index (χ2n) is 5.83. The number of thiocarbonyl (C=S) groups is 1. The molecule has 1 aromatic carbocycles. The minimum atomic E-state index is -0.338. The first kappa shape index (κ1) is 18.9. The number of benzene rings is 1. The number of rotatable bonds is 4. The molecule has 0 bridgehead atoms. The molecular weight excluding hydrogens is 392 g/mol. The monoisotopic (exact) mass is 410 g/mol. The van der Waals surface area contributed by atoms with Crippen LogP contribution in [0.3, 0.4) is 0 Å². The van der Waals surface area contributed by atoms with E-state index in [0.717, 1.165) is 31.2 Å². The third-order valence-electron chi connectivity index (χ3n) is 4.20. The van der Waals surface area contributed by atoms with E-state index in [1.165, 1.54) is 12.0 Å². The van der Waals surface area contributed by atoms with E-state index in [1.807, 2.05) is 0 Å². The van der Waals surface area contributed by atoms with Crippen molar-refractivity contribution in [2.75, 3.05) is 24.9 Å². The highest BCUT2D eigenvalue weighted by atomic mass is 35.5. The van der Waals surface area contributed by atoms with Crippen molar-refractivity contribution in [2.24, 2.45) is 0 Å². The number of nitrogens with one attached hydrogen (secondary N) is 2. The van der Waals surface area contributed by atoms with Gasteiger partial charge in [0.1, 0.15) is 10.8 Å². The Hall–Kier alpha value is -1.83. The fraction of sp³-hybridized carbons (Fsp3) is 0.333. The first-order valence-electron chi connectivity index (χ1n) is 8.18. The lowest BCUT2D eigenvalue weighted by molar-refractivity contribution is 0.0601. The number of ether oxygens (including phenoxy) is 2. The van der Waals surface area contributed by atoms with Gasteiger partial charge < -0.3 is 20.1 Å². The number of esters is 1. The average Bonchev–Trinajstić information content (AvgIpc) is 2.98. The summed E-state index contributed by atoms with van der Waals surface area (Å²) in [6, 6.07) is 5.23. The van der Waals surface area contributed by atoms with Crippen molar-refractivity contribution in [1.29, 1.82) is 0 Å². The number of methoxy groups -OCH3 is 2. The number of thiophene rings is 1. The summed E-state index contributed by atoms with van der Waals surface area (Å²) in [6.07, 6.45) is 4.08. The second kappa shape index (κ2) is 8.24. The number of fused-ring (bicyclic) bond motifs is 1. The molecule has 0 fully saturated rings. The van der Waals surface area contributed by atoms with Crippen molar-refractivity contribution in [2.45, 2.75) is 25.7 Å². The number of anilines is 2. The van der Waals surface area contributed by atoms with Crippen LogP contribution < -0.4 is 15.4 Å². The summed E-state index contributed by atoms with van der Waals surface area (Å²) in [5.41, 5.74) is 2.33. The van der Waals surface area contributed by atoms with Gasteiger partial charge >= 0.3 is 5.97 Å².